The molecule has 6 nitrogen and oxygen atoms in total. The lowest BCUT2D eigenvalue weighted by Crippen LogP contribution is -2.17. The molecule has 0 aliphatic rings. The maximum Gasteiger partial charge on any atom is 0.449 e. The van der Waals surface area contributed by atoms with Crippen LogP contribution in [-0.4, -0.2) is 35.7 Å². The summed E-state index contributed by atoms with van der Waals surface area (Å²) >= 11 is 0. The van der Waals surface area contributed by atoms with E-state index >= 15 is 0 Å². The first-order chi connectivity index (χ1) is 8.23. The van der Waals surface area contributed by atoms with Gasteiger partial charge in [-0.1, -0.05) is 0 Å². The Hall–Kier alpha value is -2.06. The SMILES string of the molecule is COC(=O)c1nc(C(F)(F)F)n(C)c1C(=O)OC. The van der Waals surface area contributed by atoms with Gasteiger partial charge in [0.15, 0.2) is 11.4 Å². The molecule has 1 heterocycles. The van der Waals surface area contributed by atoms with Gasteiger partial charge in [0.1, 0.15) is 0 Å². The van der Waals surface area contributed by atoms with Crippen LogP contribution in [0.2, 0.25) is 0 Å². The van der Waals surface area contributed by atoms with Crippen molar-refractivity contribution in [2.24, 2.45) is 7.05 Å². The van der Waals surface area contributed by atoms with Crippen LogP contribution in [0.3, 0.4) is 0 Å². The first-order valence-corrected chi connectivity index (χ1v) is 4.54. The maximum atomic E-state index is 12.6. The van der Waals surface area contributed by atoms with Gasteiger partial charge in [0.05, 0.1) is 14.2 Å². The second kappa shape index (κ2) is 4.67. The molecule has 0 bridgehead atoms. The summed E-state index contributed by atoms with van der Waals surface area (Å²) in [7, 11) is 2.89. The van der Waals surface area contributed by atoms with Gasteiger partial charge in [0, 0.05) is 7.05 Å². The summed E-state index contributed by atoms with van der Waals surface area (Å²) in [6, 6.07) is 0. The van der Waals surface area contributed by atoms with E-state index in [2.05, 4.69) is 14.5 Å². The zero-order valence-electron chi connectivity index (χ0n) is 9.66. The van der Waals surface area contributed by atoms with Crippen LogP contribution in [0.15, 0.2) is 0 Å². The van der Waals surface area contributed by atoms with Gasteiger partial charge in [-0.25, -0.2) is 14.6 Å². The number of halogens is 3. The van der Waals surface area contributed by atoms with E-state index in [1.807, 2.05) is 0 Å². The lowest BCUT2D eigenvalue weighted by molar-refractivity contribution is -0.146. The lowest BCUT2D eigenvalue weighted by atomic mass is 10.3. The molecule has 0 aliphatic heterocycles. The third kappa shape index (κ3) is 2.29. The smallest absolute Gasteiger partial charge is 0.449 e. The molecule has 1 aromatic rings. The lowest BCUT2D eigenvalue weighted by Gasteiger charge is -2.07. The summed E-state index contributed by atoms with van der Waals surface area (Å²) in [6.45, 7) is 0. The highest BCUT2D eigenvalue weighted by Crippen LogP contribution is 2.30. The summed E-state index contributed by atoms with van der Waals surface area (Å²) in [5.74, 6) is -3.65. The van der Waals surface area contributed by atoms with Gasteiger partial charge in [-0.15, -0.1) is 0 Å². The fourth-order valence-electron chi connectivity index (χ4n) is 1.32. The van der Waals surface area contributed by atoms with E-state index in [4.69, 9.17) is 0 Å². The summed E-state index contributed by atoms with van der Waals surface area (Å²) in [6.07, 6.45) is -4.80. The molecule has 0 fully saturated rings. The Kier molecular flexibility index (Phi) is 3.63. The Morgan fingerprint density at radius 2 is 1.67 bits per heavy atom. The van der Waals surface area contributed by atoms with Crippen LogP contribution >= 0.6 is 0 Å². The van der Waals surface area contributed by atoms with Crippen LogP contribution in [0.25, 0.3) is 0 Å². The molecule has 1 aromatic heterocycles. The van der Waals surface area contributed by atoms with Crippen molar-refractivity contribution in [3.05, 3.63) is 17.2 Å². The van der Waals surface area contributed by atoms with E-state index in [1.54, 1.807) is 0 Å². The molecule has 0 unspecified atom stereocenters. The number of imidazole rings is 1. The minimum absolute atomic E-state index is 0.443. The van der Waals surface area contributed by atoms with E-state index in [1.165, 1.54) is 0 Å². The summed E-state index contributed by atoms with van der Waals surface area (Å²) in [5, 5.41) is 0. The van der Waals surface area contributed by atoms with Crippen molar-refractivity contribution in [3.63, 3.8) is 0 Å². The number of alkyl halides is 3. The average molecular weight is 266 g/mol. The highest BCUT2D eigenvalue weighted by atomic mass is 19.4. The van der Waals surface area contributed by atoms with Crippen LogP contribution in [0.1, 0.15) is 26.8 Å². The Balaban J connectivity index is 3.51. The number of ether oxygens (including phenoxy) is 2. The number of rotatable bonds is 2. The molecule has 0 radical (unpaired) electrons. The van der Waals surface area contributed by atoms with Crippen molar-refractivity contribution in [1.29, 1.82) is 0 Å². The first-order valence-electron chi connectivity index (χ1n) is 4.54. The zero-order chi connectivity index (χ0) is 14.1. The van der Waals surface area contributed by atoms with Crippen LogP contribution in [0.5, 0.6) is 0 Å². The number of nitrogens with zero attached hydrogens (tertiary/aromatic N) is 2. The van der Waals surface area contributed by atoms with Crippen molar-refractivity contribution < 1.29 is 32.2 Å². The van der Waals surface area contributed by atoms with Crippen molar-refractivity contribution in [2.45, 2.75) is 6.18 Å². The van der Waals surface area contributed by atoms with Crippen LogP contribution in [0.4, 0.5) is 13.2 Å². The molecule has 18 heavy (non-hydrogen) atoms. The van der Waals surface area contributed by atoms with Crippen LogP contribution in [0, 0.1) is 0 Å². The van der Waals surface area contributed by atoms with E-state index in [9.17, 15) is 22.8 Å². The molecular weight excluding hydrogens is 257 g/mol. The highest BCUT2D eigenvalue weighted by molar-refractivity contribution is 6.00. The Bertz CT molecular complexity index is 493. The monoisotopic (exact) mass is 266 g/mol. The van der Waals surface area contributed by atoms with Gasteiger partial charge in [-0.2, -0.15) is 13.2 Å². The molecule has 1 rings (SSSR count). The largest absolute Gasteiger partial charge is 0.464 e. The standard InChI is InChI=1S/C9H9F3N2O4/c1-14-5(7(16)18-3)4(6(15)17-2)13-8(14)9(10,11)12/h1-3H3. The first kappa shape index (κ1) is 14.0. The molecular formula is C9H9F3N2O4. The molecule has 100 valence electrons. The van der Waals surface area contributed by atoms with Gasteiger partial charge < -0.3 is 14.0 Å². The van der Waals surface area contributed by atoms with Gasteiger partial charge in [0.2, 0.25) is 5.82 Å². The van der Waals surface area contributed by atoms with E-state index in [0.717, 1.165) is 21.3 Å². The average Bonchev–Trinajstić information content (AvgIpc) is 2.64. The van der Waals surface area contributed by atoms with Crippen LogP contribution < -0.4 is 0 Å². The normalized spacial score (nSPS) is 11.2. The second-order valence-electron chi connectivity index (χ2n) is 3.17. The Morgan fingerprint density at radius 1 is 1.17 bits per heavy atom. The second-order valence-corrected chi connectivity index (χ2v) is 3.17. The minimum Gasteiger partial charge on any atom is -0.464 e. The van der Waals surface area contributed by atoms with Gasteiger partial charge >= 0.3 is 18.1 Å². The van der Waals surface area contributed by atoms with Crippen molar-refractivity contribution in [3.8, 4) is 0 Å². The molecule has 0 atom stereocenters. The number of carbonyl (C=O) groups is 2. The van der Waals surface area contributed by atoms with Crippen molar-refractivity contribution in [1.82, 2.24) is 9.55 Å². The number of aromatic nitrogens is 2. The van der Waals surface area contributed by atoms with E-state index in [-0.39, 0.29) is 0 Å². The summed E-state index contributed by atoms with van der Waals surface area (Å²) in [5.41, 5.74) is -1.35. The zero-order valence-corrected chi connectivity index (χ0v) is 9.66. The fourth-order valence-corrected chi connectivity index (χ4v) is 1.32. The number of esters is 2. The van der Waals surface area contributed by atoms with Crippen molar-refractivity contribution >= 4 is 11.9 Å². The Morgan fingerprint density at radius 3 is 2.06 bits per heavy atom. The minimum atomic E-state index is -4.80. The third-order valence-electron chi connectivity index (χ3n) is 2.11. The highest BCUT2D eigenvalue weighted by Gasteiger charge is 2.40. The molecule has 9 heteroatoms. The van der Waals surface area contributed by atoms with Gasteiger partial charge in [-0.05, 0) is 0 Å². The fraction of sp³-hybridized carbons (Fsp3) is 0.444. The molecule has 0 amide bonds. The quantitative estimate of drug-likeness (QED) is 0.747. The topological polar surface area (TPSA) is 70.4 Å². The molecule has 0 spiro atoms. The summed E-state index contributed by atoms with van der Waals surface area (Å²) < 4.78 is 46.8. The molecule has 0 aliphatic carbocycles. The third-order valence-corrected chi connectivity index (χ3v) is 2.11. The van der Waals surface area contributed by atoms with Crippen LogP contribution in [-0.2, 0) is 22.7 Å². The molecule has 0 saturated carbocycles. The number of hydrogen-bond donors (Lipinski definition) is 0. The van der Waals surface area contributed by atoms with E-state index in [0.29, 0.717) is 4.57 Å². The number of carbonyl (C=O) groups excluding carboxylic acids is 2. The van der Waals surface area contributed by atoms with Gasteiger partial charge in [-0.3, -0.25) is 0 Å². The number of hydrogen-bond acceptors (Lipinski definition) is 5. The van der Waals surface area contributed by atoms with Crippen molar-refractivity contribution in [2.75, 3.05) is 14.2 Å². The molecule has 0 saturated heterocycles. The van der Waals surface area contributed by atoms with E-state index < -0.39 is 35.3 Å². The predicted octanol–water partition coefficient (Wildman–Crippen LogP) is 1.01. The Labute approximate surface area is 99.3 Å². The molecule has 0 aromatic carbocycles. The number of methoxy groups -OCH3 is 2. The summed E-state index contributed by atoms with van der Waals surface area (Å²) in [4.78, 5) is 25.7. The molecule has 0 N–H and O–H groups in total. The predicted molar refractivity (Wildman–Crippen MR) is 50.9 cm³/mol. The maximum absolute atomic E-state index is 12.6. The van der Waals surface area contributed by atoms with Gasteiger partial charge in [0.25, 0.3) is 0 Å².